The Labute approximate surface area is 108 Å². The van der Waals surface area contributed by atoms with Crippen LogP contribution in [0.3, 0.4) is 0 Å². The maximum atomic E-state index is 11.1. The first-order valence-electron chi connectivity index (χ1n) is 6.25. The summed E-state index contributed by atoms with van der Waals surface area (Å²) in [4.78, 5) is 19.8. The smallest absolute Gasteiger partial charge is 0.221 e. The summed E-state index contributed by atoms with van der Waals surface area (Å²) in [6.07, 6.45) is 1.21. The molecule has 1 aromatic rings. The van der Waals surface area contributed by atoms with Gasteiger partial charge >= 0.3 is 0 Å². The summed E-state index contributed by atoms with van der Waals surface area (Å²) in [5.74, 6) is 2.36. The van der Waals surface area contributed by atoms with Gasteiger partial charge in [0.2, 0.25) is 5.91 Å². The number of aryl methyl sites for hydroxylation is 1. The fraction of sp³-hybridized carbons (Fsp3) is 0.583. The maximum absolute atomic E-state index is 11.1. The number of carbonyl (C=O) groups excluding carboxylic acids is 1. The molecule has 0 saturated heterocycles. The molecule has 6 nitrogen and oxygen atoms in total. The molecule has 0 saturated carbocycles. The van der Waals surface area contributed by atoms with Crippen molar-refractivity contribution >= 4 is 17.5 Å². The highest BCUT2D eigenvalue weighted by atomic mass is 16.1. The summed E-state index contributed by atoms with van der Waals surface area (Å²) in [7, 11) is 1.63. The average molecular weight is 251 g/mol. The van der Waals surface area contributed by atoms with Crippen LogP contribution in [0, 0.1) is 0 Å². The minimum atomic E-state index is 0.0131. The Morgan fingerprint density at radius 1 is 1.22 bits per heavy atom. The highest BCUT2D eigenvalue weighted by Crippen LogP contribution is 2.11. The van der Waals surface area contributed by atoms with Crippen LogP contribution in [0.5, 0.6) is 0 Å². The number of nitrogens with one attached hydrogen (secondary N) is 3. The molecule has 0 fully saturated rings. The third kappa shape index (κ3) is 4.57. The summed E-state index contributed by atoms with van der Waals surface area (Å²) in [5, 5.41) is 8.88. The van der Waals surface area contributed by atoms with Crippen molar-refractivity contribution < 1.29 is 4.79 Å². The van der Waals surface area contributed by atoms with Gasteiger partial charge in [0, 0.05) is 39.0 Å². The lowest BCUT2D eigenvalue weighted by Crippen LogP contribution is -2.21. The van der Waals surface area contributed by atoms with E-state index in [9.17, 15) is 4.79 Å². The zero-order valence-corrected chi connectivity index (χ0v) is 11.2. The first-order chi connectivity index (χ1) is 8.69. The van der Waals surface area contributed by atoms with Crippen LogP contribution in [0.2, 0.25) is 0 Å². The second-order valence-corrected chi connectivity index (χ2v) is 3.79. The Morgan fingerprint density at radius 2 is 1.89 bits per heavy atom. The third-order valence-electron chi connectivity index (χ3n) is 2.38. The van der Waals surface area contributed by atoms with Gasteiger partial charge in [0.05, 0.1) is 0 Å². The summed E-state index contributed by atoms with van der Waals surface area (Å²) >= 11 is 0. The van der Waals surface area contributed by atoms with Crippen LogP contribution in [-0.2, 0) is 11.2 Å². The van der Waals surface area contributed by atoms with E-state index in [1.54, 1.807) is 7.05 Å². The number of carbonyl (C=O) groups is 1. The van der Waals surface area contributed by atoms with E-state index in [0.717, 1.165) is 30.4 Å². The Morgan fingerprint density at radius 3 is 2.44 bits per heavy atom. The van der Waals surface area contributed by atoms with Gasteiger partial charge in [-0.15, -0.1) is 0 Å². The lowest BCUT2D eigenvalue weighted by molar-refractivity contribution is -0.120. The lowest BCUT2D eigenvalue weighted by Gasteiger charge is -2.09. The van der Waals surface area contributed by atoms with Crippen LogP contribution in [0.1, 0.15) is 26.1 Å². The Balaban J connectivity index is 2.63. The average Bonchev–Trinajstić information content (AvgIpc) is 2.38. The van der Waals surface area contributed by atoms with Gasteiger partial charge in [-0.25, -0.2) is 9.97 Å². The van der Waals surface area contributed by atoms with Crippen molar-refractivity contribution in [3.63, 3.8) is 0 Å². The molecule has 0 atom stereocenters. The molecule has 1 rings (SSSR count). The van der Waals surface area contributed by atoms with Crippen LogP contribution in [0.4, 0.5) is 11.6 Å². The number of hydrogen-bond donors (Lipinski definition) is 3. The maximum Gasteiger partial charge on any atom is 0.221 e. The predicted octanol–water partition coefficient (Wildman–Crippen LogP) is 1.02. The van der Waals surface area contributed by atoms with Crippen LogP contribution < -0.4 is 16.0 Å². The first kappa shape index (κ1) is 14.2. The monoisotopic (exact) mass is 251 g/mol. The fourth-order valence-electron chi connectivity index (χ4n) is 1.45. The van der Waals surface area contributed by atoms with Gasteiger partial charge in [-0.05, 0) is 6.92 Å². The molecule has 0 unspecified atom stereocenters. The number of rotatable bonds is 7. The second-order valence-electron chi connectivity index (χ2n) is 3.79. The largest absolute Gasteiger partial charge is 0.370 e. The molecule has 0 aliphatic carbocycles. The normalized spacial score (nSPS) is 9.94. The molecule has 0 bridgehead atoms. The molecule has 1 heterocycles. The SMILES string of the molecule is CCNc1cc(NCCC(=O)NC)nc(CC)n1. The molecule has 0 aromatic carbocycles. The number of hydrogen-bond acceptors (Lipinski definition) is 5. The van der Waals surface area contributed by atoms with Gasteiger partial charge in [-0.3, -0.25) is 4.79 Å². The van der Waals surface area contributed by atoms with Crippen molar-refractivity contribution in [3.8, 4) is 0 Å². The molecule has 100 valence electrons. The topological polar surface area (TPSA) is 78.9 Å². The Hall–Kier alpha value is -1.85. The minimum absolute atomic E-state index is 0.0131. The zero-order chi connectivity index (χ0) is 13.4. The number of anilines is 2. The molecule has 1 aromatic heterocycles. The van der Waals surface area contributed by atoms with E-state index in [4.69, 9.17) is 0 Å². The highest BCUT2D eigenvalue weighted by molar-refractivity contribution is 5.76. The summed E-state index contributed by atoms with van der Waals surface area (Å²) in [6, 6.07) is 1.85. The third-order valence-corrected chi connectivity index (χ3v) is 2.38. The summed E-state index contributed by atoms with van der Waals surface area (Å²) < 4.78 is 0. The van der Waals surface area contributed by atoms with E-state index in [1.165, 1.54) is 0 Å². The van der Waals surface area contributed by atoms with Gasteiger partial charge in [-0.1, -0.05) is 6.92 Å². The number of amides is 1. The van der Waals surface area contributed by atoms with E-state index in [1.807, 2.05) is 19.9 Å². The quantitative estimate of drug-likeness (QED) is 0.674. The van der Waals surface area contributed by atoms with Crippen molar-refractivity contribution in [2.24, 2.45) is 0 Å². The molecule has 0 spiro atoms. The molecule has 18 heavy (non-hydrogen) atoms. The minimum Gasteiger partial charge on any atom is -0.370 e. The van der Waals surface area contributed by atoms with Gasteiger partial charge in [0.1, 0.15) is 17.5 Å². The number of nitrogens with zero attached hydrogens (tertiary/aromatic N) is 2. The van der Waals surface area contributed by atoms with Crippen molar-refractivity contribution in [1.29, 1.82) is 0 Å². The zero-order valence-electron chi connectivity index (χ0n) is 11.2. The summed E-state index contributed by atoms with van der Waals surface area (Å²) in [6.45, 7) is 5.41. The van der Waals surface area contributed by atoms with E-state index in [0.29, 0.717) is 13.0 Å². The molecule has 0 aliphatic heterocycles. The van der Waals surface area contributed by atoms with E-state index in [-0.39, 0.29) is 5.91 Å². The highest BCUT2D eigenvalue weighted by Gasteiger charge is 2.03. The first-order valence-corrected chi connectivity index (χ1v) is 6.25. The van der Waals surface area contributed by atoms with Gasteiger partial charge < -0.3 is 16.0 Å². The van der Waals surface area contributed by atoms with Crippen LogP contribution in [-0.4, -0.2) is 36.0 Å². The predicted molar refractivity (Wildman–Crippen MR) is 72.7 cm³/mol. The van der Waals surface area contributed by atoms with Gasteiger partial charge in [0.15, 0.2) is 0 Å². The molecular weight excluding hydrogens is 230 g/mol. The summed E-state index contributed by atoms with van der Waals surface area (Å²) in [5.41, 5.74) is 0. The van der Waals surface area contributed by atoms with E-state index < -0.39 is 0 Å². The molecule has 6 heteroatoms. The lowest BCUT2D eigenvalue weighted by atomic mass is 10.3. The molecular formula is C12H21N5O. The molecule has 0 radical (unpaired) electrons. The van der Waals surface area contributed by atoms with Crippen molar-refractivity contribution in [3.05, 3.63) is 11.9 Å². The van der Waals surface area contributed by atoms with Crippen molar-refractivity contribution in [2.75, 3.05) is 30.8 Å². The van der Waals surface area contributed by atoms with Crippen LogP contribution >= 0.6 is 0 Å². The van der Waals surface area contributed by atoms with Gasteiger partial charge in [0.25, 0.3) is 0 Å². The standard InChI is InChI=1S/C12H21N5O/c1-4-9-16-10(14-5-2)8-11(17-9)15-7-6-12(18)13-3/h8H,4-7H2,1-3H3,(H,13,18)(H2,14,15,16,17). The molecule has 3 N–H and O–H groups in total. The van der Waals surface area contributed by atoms with E-state index in [2.05, 4.69) is 25.9 Å². The molecule has 1 amide bonds. The van der Waals surface area contributed by atoms with Crippen molar-refractivity contribution in [2.45, 2.75) is 26.7 Å². The fourth-order valence-corrected chi connectivity index (χ4v) is 1.45. The van der Waals surface area contributed by atoms with E-state index >= 15 is 0 Å². The number of aromatic nitrogens is 2. The van der Waals surface area contributed by atoms with Crippen molar-refractivity contribution in [1.82, 2.24) is 15.3 Å². The van der Waals surface area contributed by atoms with Crippen LogP contribution in [0.15, 0.2) is 6.07 Å². The Kier molecular flexibility index (Phi) is 5.90. The Bertz CT molecular complexity index is 394. The van der Waals surface area contributed by atoms with Gasteiger partial charge in [-0.2, -0.15) is 0 Å². The van der Waals surface area contributed by atoms with Crippen LogP contribution in [0.25, 0.3) is 0 Å². The molecule has 0 aliphatic rings. The second kappa shape index (κ2) is 7.47.